The maximum absolute atomic E-state index is 12.7. The van der Waals surface area contributed by atoms with E-state index in [1.165, 1.54) is 18.2 Å². The topological polar surface area (TPSA) is 35.5 Å². The SMILES string of the molecule is CC(C)OC(=O)COc1cccc(F)c1. The first-order chi connectivity index (χ1) is 7.08. The maximum atomic E-state index is 12.7. The third kappa shape index (κ3) is 4.44. The lowest BCUT2D eigenvalue weighted by atomic mass is 10.3. The monoisotopic (exact) mass is 212 g/mol. The highest BCUT2D eigenvalue weighted by atomic mass is 19.1. The van der Waals surface area contributed by atoms with Crippen molar-refractivity contribution >= 4 is 5.97 Å². The van der Waals surface area contributed by atoms with Crippen molar-refractivity contribution in [2.24, 2.45) is 0 Å². The van der Waals surface area contributed by atoms with Crippen LogP contribution in [0.2, 0.25) is 0 Å². The molecule has 0 radical (unpaired) electrons. The Hall–Kier alpha value is -1.58. The molecule has 0 heterocycles. The van der Waals surface area contributed by atoms with Gasteiger partial charge in [0.1, 0.15) is 11.6 Å². The molecule has 1 aromatic rings. The van der Waals surface area contributed by atoms with Crippen molar-refractivity contribution in [3.8, 4) is 5.75 Å². The summed E-state index contributed by atoms with van der Waals surface area (Å²) in [6, 6.07) is 5.60. The number of rotatable bonds is 4. The summed E-state index contributed by atoms with van der Waals surface area (Å²) >= 11 is 0. The Labute approximate surface area is 87.8 Å². The molecule has 0 amide bonds. The van der Waals surface area contributed by atoms with Crippen molar-refractivity contribution in [1.82, 2.24) is 0 Å². The van der Waals surface area contributed by atoms with E-state index >= 15 is 0 Å². The van der Waals surface area contributed by atoms with Gasteiger partial charge in [-0.3, -0.25) is 0 Å². The van der Waals surface area contributed by atoms with Gasteiger partial charge in [-0.1, -0.05) is 6.07 Å². The van der Waals surface area contributed by atoms with Crippen LogP contribution in [0.5, 0.6) is 5.75 Å². The van der Waals surface area contributed by atoms with Crippen molar-refractivity contribution in [2.45, 2.75) is 20.0 Å². The minimum Gasteiger partial charge on any atom is -0.482 e. The normalized spacial score (nSPS) is 10.1. The van der Waals surface area contributed by atoms with Crippen LogP contribution in [0.3, 0.4) is 0 Å². The van der Waals surface area contributed by atoms with Crippen LogP contribution in [-0.4, -0.2) is 18.7 Å². The molecule has 0 aliphatic heterocycles. The molecule has 0 aliphatic carbocycles. The van der Waals surface area contributed by atoms with Crippen molar-refractivity contribution in [3.05, 3.63) is 30.1 Å². The van der Waals surface area contributed by atoms with Gasteiger partial charge in [-0.2, -0.15) is 0 Å². The Balaban J connectivity index is 2.40. The molecule has 0 spiro atoms. The summed E-state index contributed by atoms with van der Waals surface area (Å²) < 4.78 is 22.6. The van der Waals surface area contributed by atoms with Crippen LogP contribution in [-0.2, 0) is 9.53 Å². The average Bonchev–Trinajstić information content (AvgIpc) is 2.14. The van der Waals surface area contributed by atoms with Gasteiger partial charge in [0.15, 0.2) is 6.61 Å². The van der Waals surface area contributed by atoms with Crippen LogP contribution in [0.25, 0.3) is 0 Å². The summed E-state index contributed by atoms with van der Waals surface area (Å²) in [6.07, 6.45) is -0.173. The minimum atomic E-state index is -0.464. The van der Waals surface area contributed by atoms with E-state index in [2.05, 4.69) is 0 Å². The molecular formula is C11H13FO3. The van der Waals surface area contributed by atoms with Gasteiger partial charge in [-0.05, 0) is 26.0 Å². The molecule has 1 aromatic carbocycles. The number of benzene rings is 1. The zero-order valence-corrected chi connectivity index (χ0v) is 8.70. The van der Waals surface area contributed by atoms with Crippen LogP contribution >= 0.6 is 0 Å². The van der Waals surface area contributed by atoms with Crippen molar-refractivity contribution < 1.29 is 18.7 Å². The highest BCUT2D eigenvalue weighted by Crippen LogP contribution is 2.11. The van der Waals surface area contributed by atoms with Crippen LogP contribution < -0.4 is 4.74 Å². The number of hydrogen-bond donors (Lipinski definition) is 0. The summed E-state index contributed by atoms with van der Waals surface area (Å²) in [7, 11) is 0. The molecule has 1 rings (SSSR count). The highest BCUT2D eigenvalue weighted by Gasteiger charge is 2.06. The first-order valence-electron chi connectivity index (χ1n) is 4.66. The quantitative estimate of drug-likeness (QED) is 0.717. The Kier molecular flexibility index (Phi) is 4.09. The fourth-order valence-corrected chi connectivity index (χ4v) is 0.996. The van der Waals surface area contributed by atoms with Crippen molar-refractivity contribution in [3.63, 3.8) is 0 Å². The van der Waals surface area contributed by atoms with Gasteiger partial charge in [0.05, 0.1) is 6.10 Å². The summed E-state index contributed by atoms with van der Waals surface area (Å²) in [5.41, 5.74) is 0. The Morgan fingerprint density at radius 1 is 1.47 bits per heavy atom. The van der Waals surface area contributed by atoms with Gasteiger partial charge in [-0.15, -0.1) is 0 Å². The van der Waals surface area contributed by atoms with E-state index in [-0.39, 0.29) is 12.7 Å². The summed E-state index contributed by atoms with van der Waals surface area (Å²) in [5, 5.41) is 0. The molecule has 82 valence electrons. The van der Waals surface area contributed by atoms with Gasteiger partial charge in [0, 0.05) is 6.07 Å². The fraction of sp³-hybridized carbons (Fsp3) is 0.364. The third-order valence-electron chi connectivity index (χ3n) is 1.52. The average molecular weight is 212 g/mol. The smallest absolute Gasteiger partial charge is 0.344 e. The molecule has 0 atom stereocenters. The van der Waals surface area contributed by atoms with Gasteiger partial charge in [-0.25, -0.2) is 9.18 Å². The van der Waals surface area contributed by atoms with Crippen LogP contribution in [0, 0.1) is 5.82 Å². The number of carbonyl (C=O) groups is 1. The Morgan fingerprint density at radius 3 is 2.80 bits per heavy atom. The first-order valence-corrected chi connectivity index (χ1v) is 4.66. The Bertz CT molecular complexity index is 336. The first kappa shape index (κ1) is 11.5. The lowest BCUT2D eigenvalue weighted by Crippen LogP contribution is -2.18. The molecule has 0 bridgehead atoms. The molecule has 15 heavy (non-hydrogen) atoms. The van der Waals surface area contributed by atoms with E-state index in [1.807, 2.05) is 0 Å². The molecule has 0 unspecified atom stereocenters. The summed E-state index contributed by atoms with van der Waals surface area (Å²) in [5.74, 6) is -0.547. The number of ether oxygens (including phenoxy) is 2. The number of hydrogen-bond acceptors (Lipinski definition) is 3. The number of carbonyl (C=O) groups excluding carboxylic acids is 1. The maximum Gasteiger partial charge on any atom is 0.344 e. The zero-order chi connectivity index (χ0) is 11.3. The van der Waals surface area contributed by atoms with Crippen LogP contribution in [0.1, 0.15) is 13.8 Å². The van der Waals surface area contributed by atoms with E-state index in [0.717, 1.165) is 0 Å². The van der Waals surface area contributed by atoms with E-state index in [9.17, 15) is 9.18 Å². The molecule has 0 aliphatic rings. The molecular weight excluding hydrogens is 199 g/mol. The zero-order valence-electron chi connectivity index (χ0n) is 8.70. The predicted octanol–water partition coefficient (Wildman–Crippen LogP) is 2.16. The summed E-state index contributed by atoms with van der Waals surface area (Å²) in [4.78, 5) is 11.1. The second-order valence-electron chi connectivity index (χ2n) is 3.28. The second-order valence-corrected chi connectivity index (χ2v) is 3.28. The lowest BCUT2D eigenvalue weighted by Gasteiger charge is -2.09. The lowest BCUT2D eigenvalue weighted by molar-refractivity contribution is -0.149. The van der Waals surface area contributed by atoms with Gasteiger partial charge in [0.2, 0.25) is 0 Å². The van der Waals surface area contributed by atoms with Gasteiger partial charge >= 0.3 is 5.97 Å². The second kappa shape index (κ2) is 5.34. The molecule has 0 N–H and O–H groups in total. The van der Waals surface area contributed by atoms with Crippen LogP contribution in [0.15, 0.2) is 24.3 Å². The third-order valence-corrected chi connectivity index (χ3v) is 1.52. The van der Waals surface area contributed by atoms with Crippen molar-refractivity contribution in [2.75, 3.05) is 6.61 Å². The van der Waals surface area contributed by atoms with Gasteiger partial charge < -0.3 is 9.47 Å². The van der Waals surface area contributed by atoms with E-state index in [4.69, 9.17) is 9.47 Å². The number of halogens is 1. The molecule has 0 fully saturated rings. The molecule has 0 saturated heterocycles. The van der Waals surface area contributed by atoms with E-state index in [0.29, 0.717) is 5.75 Å². The molecule has 4 heteroatoms. The van der Waals surface area contributed by atoms with Crippen molar-refractivity contribution in [1.29, 1.82) is 0 Å². The summed E-state index contributed by atoms with van der Waals surface area (Å²) in [6.45, 7) is 3.29. The largest absolute Gasteiger partial charge is 0.482 e. The predicted molar refractivity (Wildman–Crippen MR) is 53.1 cm³/mol. The minimum absolute atomic E-state index is 0.173. The highest BCUT2D eigenvalue weighted by molar-refractivity contribution is 5.71. The molecule has 0 saturated carbocycles. The fourth-order valence-electron chi connectivity index (χ4n) is 0.996. The molecule has 0 aromatic heterocycles. The van der Waals surface area contributed by atoms with Crippen LogP contribution in [0.4, 0.5) is 4.39 Å². The van der Waals surface area contributed by atoms with E-state index in [1.54, 1.807) is 19.9 Å². The Morgan fingerprint density at radius 2 is 2.20 bits per heavy atom. The standard InChI is InChI=1S/C11H13FO3/c1-8(2)15-11(13)7-14-10-5-3-4-9(12)6-10/h3-6,8H,7H2,1-2H3. The molecule has 3 nitrogen and oxygen atoms in total. The van der Waals surface area contributed by atoms with Gasteiger partial charge in [0.25, 0.3) is 0 Å². The number of esters is 1. The van der Waals surface area contributed by atoms with E-state index < -0.39 is 11.8 Å².